The van der Waals surface area contributed by atoms with Crippen LogP contribution in [0.5, 0.6) is 29.0 Å². The number of ether oxygens (including phenoxy) is 4. The van der Waals surface area contributed by atoms with Gasteiger partial charge in [0.05, 0.1) is 29.2 Å². The Morgan fingerprint density at radius 1 is 1.02 bits per heavy atom. The number of para-hydroxylation sites is 1. The molecular formula is C27H22ClF6N5O10S. The van der Waals surface area contributed by atoms with Gasteiger partial charge in [-0.1, -0.05) is 23.7 Å². The number of rotatable bonds is 9. The Hall–Kier alpha value is -5.51. The molecule has 0 saturated carbocycles. The van der Waals surface area contributed by atoms with Crippen LogP contribution in [0.15, 0.2) is 70.4 Å². The van der Waals surface area contributed by atoms with Crippen LogP contribution in [0, 0.1) is 10.1 Å². The molecule has 0 aliphatic heterocycles. The van der Waals surface area contributed by atoms with Crippen LogP contribution >= 0.6 is 11.6 Å². The van der Waals surface area contributed by atoms with Crippen LogP contribution in [0.4, 0.5) is 36.8 Å². The lowest BCUT2D eigenvalue weighted by molar-refractivity contribution is -0.385. The highest BCUT2D eigenvalue weighted by Gasteiger charge is 2.35. The van der Waals surface area contributed by atoms with Gasteiger partial charge in [-0.15, -0.1) is 23.0 Å². The van der Waals surface area contributed by atoms with E-state index in [0.29, 0.717) is 0 Å². The molecule has 0 spiro atoms. The van der Waals surface area contributed by atoms with E-state index in [9.17, 15) is 54.5 Å². The number of alkyl halides is 6. The Morgan fingerprint density at radius 3 is 2.22 bits per heavy atom. The number of hydrogen-bond donors (Lipinski definition) is 1. The summed E-state index contributed by atoms with van der Waals surface area (Å²) >= 11 is 5.80. The molecule has 4 rings (SSSR count). The van der Waals surface area contributed by atoms with Gasteiger partial charge in [-0.05, 0) is 43.3 Å². The monoisotopic (exact) mass is 757 g/mol. The van der Waals surface area contributed by atoms with Crippen molar-refractivity contribution in [2.75, 3.05) is 13.7 Å². The van der Waals surface area contributed by atoms with Gasteiger partial charge in [0.15, 0.2) is 0 Å². The molecule has 0 radical (unpaired) electrons. The number of aromatic nitrogens is 3. The fourth-order valence-corrected chi connectivity index (χ4v) is 4.97. The second-order valence-electron chi connectivity index (χ2n) is 9.21. The molecular weight excluding hydrogens is 736 g/mol. The highest BCUT2D eigenvalue weighted by Crippen LogP contribution is 2.38. The number of halogens is 7. The average Bonchev–Trinajstić information content (AvgIpc) is 3.30. The fraction of sp³-hybridized carbons (Fsp3) is 0.222. The molecule has 0 aliphatic rings. The predicted octanol–water partition coefficient (Wildman–Crippen LogP) is 5.89. The smallest absolute Gasteiger partial charge is 0.487 e. The maximum Gasteiger partial charge on any atom is 0.573 e. The third-order valence-corrected chi connectivity index (χ3v) is 7.47. The van der Waals surface area contributed by atoms with Crippen LogP contribution in [0.1, 0.15) is 12.5 Å². The molecule has 1 N–H and O–H groups in total. The third kappa shape index (κ3) is 9.78. The molecule has 4 aromatic rings. The molecule has 23 heteroatoms. The summed E-state index contributed by atoms with van der Waals surface area (Å²) < 4.78 is 121. The summed E-state index contributed by atoms with van der Waals surface area (Å²) in [5.41, 5.74) is -2.18. The molecule has 50 heavy (non-hydrogen) atoms. The largest absolute Gasteiger partial charge is 0.573 e. The van der Waals surface area contributed by atoms with Crippen LogP contribution in [-0.2, 0) is 23.2 Å². The van der Waals surface area contributed by atoms with Gasteiger partial charge in [-0.2, -0.15) is 13.2 Å². The van der Waals surface area contributed by atoms with Gasteiger partial charge >= 0.3 is 36.0 Å². The molecule has 0 aliphatic carbocycles. The first-order chi connectivity index (χ1) is 23.2. The van der Waals surface area contributed by atoms with E-state index in [-0.39, 0.29) is 45.3 Å². The summed E-state index contributed by atoms with van der Waals surface area (Å²) in [6.45, 7) is 1.86. The van der Waals surface area contributed by atoms with Crippen molar-refractivity contribution in [1.82, 2.24) is 19.1 Å². The number of carbonyl (C=O) groups excluding carboxylic acids is 1. The molecule has 1 aromatic heterocycles. The predicted molar refractivity (Wildman–Crippen MR) is 159 cm³/mol. The first kappa shape index (κ1) is 38.9. The molecule has 270 valence electrons. The average molecular weight is 758 g/mol. The van der Waals surface area contributed by atoms with Crippen LogP contribution in [-0.4, -0.2) is 53.8 Å². The number of sulfonamides is 1. The number of hydrogen-bond acceptors (Lipinski definition) is 11. The second kappa shape index (κ2) is 15.4. The Kier molecular flexibility index (Phi) is 12.0. The molecule has 0 atom stereocenters. The van der Waals surface area contributed by atoms with Gasteiger partial charge in [-0.3, -0.25) is 10.1 Å². The zero-order chi connectivity index (χ0) is 37.6. The minimum Gasteiger partial charge on any atom is -0.487 e. The van der Waals surface area contributed by atoms with Crippen molar-refractivity contribution < 1.29 is 63.4 Å². The summed E-state index contributed by atoms with van der Waals surface area (Å²) in [5, 5.41) is 14.1. The highest BCUT2D eigenvalue weighted by atomic mass is 35.5. The topological polar surface area (TPSA) is 183 Å². The molecule has 3 aromatic carbocycles. The minimum absolute atomic E-state index is 0.0111. The molecule has 15 nitrogen and oxygen atoms in total. The maximum absolute atomic E-state index is 12.6. The van der Waals surface area contributed by atoms with E-state index in [0.717, 1.165) is 54.1 Å². The summed E-state index contributed by atoms with van der Waals surface area (Å²) in [4.78, 5) is 33.2. The number of nitrogens with one attached hydrogen (secondary N) is 1. The van der Waals surface area contributed by atoms with E-state index in [4.69, 9.17) is 25.8 Å². The Balaban J connectivity index is 0.000000271. The molecule has 0 unspecified atom stereocenters. The van der Waals surface area contributed by atoms with E-state index in [1.54, 1.807) is 6.92 Å². The molecule has 1 heterocycles. The van der Waals surface area contributed by atoms with Gasteiger partial charge in [-0.25, -0.2) is 27.3 Å². The standard InChI is InChI=1S/C15H11ClF3NO4.C12H11F3N4O6S/c1-2-23-14-8-10(4-5-12(14)20(21)22)24-13-6-3-9(7-11(13)16)15(17,18)19;1-18-10(24-2)16-19(11(18)21)9(20)17-26(22,23)8-6-4-3-5-7(8)25-12(13,14)15/h3-8H,2H2,1H3;3-6H,1-2H3,(H,17,20). The number of benzene rings is 3. The van der Waals surface area contributed by atoms with Gasteiger partial charge < -0.3 is 18.9 Å². The Morgan fingerprint density at radius 2 is 1.68 bits per heavy atom. The second-order valence-corrected chi connectivity index (χ2v) is 11.3. The minimum atomic E-state index is -5.15. The first-order valence-corrected chi connectivity index (χ1v) is 15.1. The van der Waals surface area contributed by atoms with Gasteiger partial charge in [0.1, 0.15) is 22.1 Å². The van der Waals surface area contributed by atoms with Crippen molar-refractivity contribution >= 4 is 33.3 Å². The third-order valence-electron chi connectivity index (χ3n) is 5.82. The van der Waals surface area contributed by atoms with Gasteiger partial charge in [0.25, 0.3) is 10.0 Å². The maximum atomic E-state index is 12.6. The van der Waals surface area contributed by atoms with E-state index >= 15 is 0 Å². The molecule has 0 bridgehead atoms. The van der Waals surface area contributed by atoms with E-state index in [1.807, 2.05) is 0 Å². The van der Waals surface area contributed by atoms with Crippen molar-refractivity contribution in [1.29, 1.82) is 0 Å². The van der Waals surface area contributed by atoms with Crippen LogP contribution in [0.2, 0.25) is 5.02 Å². The highest BCUT2D eigenvalue weighted by molar-refractivity contribution is 7.90. The van der Waals surface area contributed by atoms with Crippen LogP contribution in [0.25, 0.3) is 0 Å². The van der Waals surface area contributed by atoms with Crippen LogP contribution in [0.3, 0.4) is 0 Å². The molecule has 0 fully saturated rings. The number of carbonyl (C=O) groups is 1. The molecule has 0 saturated heterocycles. The fourth-order valence-electron chi connectivity index (χ4n) is 3.69. The lowest BCUT2D eigenvalue weighted by Crippen LogP contribution is -2.40. The normalized spacial score (nSPS) is 11.6. The van der Waals surface area contributed by atoms with Gasteiger partial charge in [0.2, 0.25) is 5.75 Å². The lowest BCUT2D eigenvalue weighted by Gasteiger charge is -2.13. The Bertz CT molecular complexity index is 2050. The number of nitro groups is 1. The van der Waals surface area contributed by atoms with Crippen molar-refractivity contribution in [3.05, 3.63) is 91.8 Å². The van der Waals surface area contributed by atoms with Crippen molar-refractivity contribution in [2.24, 2.45) is 7.05 Å². The van der Waals surface area contributed by atoms with Crippen molar-refractivity contribution in [3.63, 3.8) is 0 Å². The van der Waals surface area contributed by atoms with Crippen molar-refractivity contribution in [2.45, 2.75) is 24.4 Å². The zero-order valence-electron chi connectivity index (χ0n) is 25.4. The first-order valence-electron chi connectivity index (χ1n) is 13.3. The summed E-state index contributed by atoms with van der Waals surface area (Å²) in [6, 6.07) is 8.37. The Labute approximate surface area is 281 Å². The van der Waals surface area contributed by atoms with Gasteiger partial charge in [0, 0.05) is 19.2 Å². The summed E-state index contributed by atoms with van der Waals surface area (Å²) in [5.74, 6) is -0.930. The SMILES string of the molecule is CCOc1cc(Oc2ccc(C(F)(F)F)cc2Cl)ccc1[N+](=O)[O-].COc1nn(C(=O)NS(=O)(=O)c2ccccc2OC(F)(F)F)c(=O)n1C. The van der Waals surface area contributed by atoms with E-state index < -0.39 is 55.4 Å². The number of nitro benzene ring substituents is 1. The number of nitrogens with zero attached hydrogens (tertiary/aromatic N) is 4. The van der Waals surface area contributed by atoms with Crippen molar-refractivity contribution in [3.8, 4) is 29.0 Å². The lowest BCUT2D eigenvalue weighted by atomic mass is 10.2. The quantitative estimate of drug-likeness (QED) is 0.122. The molecule has 1 amide bonds. The zero-order valence-corrected chi connectivity index (χ0v) is 27.0. The summed E-state index contributed by atoms with van der Waals surface area (Å²) in [6.07, 6.45) is -9.67. The van der Waals surface area contributed by atoms with Crippen LogP contribution < -0.4 is 29.4 Å². The van der Waals surface area contributed by atoms with E-state index in [1.165, 1.54) is 30.0 Å². The summed E-state index contributed by atoms with van der Waals surface area (Å²) in [7, 11) is -2.45. The number of methoxy groups -OCH3 is 1. The van der Waals surface area contributed by atoms with E-state index in [2.05, 4.69) is 9.84 Å². The number of amides is 1.